The highest BCUT2D eigenvalue weighted by Gasteiger charge is 2.25. The normalized spacial score (nSPS) is 14.5. The Bertz CT molecular complexity index is 779. The minimum absolute atomic E-state index is 0.0733. The number of hydrogen-bond donors (Lipinski definition) is 0. The molecule has 2 aliphatic rings. The lowest BCUT2D eigenvalue weighted by molar-refractivity contribution is -0.127. The fraction of sp³-hybridized carbons (Fsp3) is 0.742. The van der Waals surface area contributed by atoms with Gasteiger partial charge in [0.15, 0.2) is 5.78 Å². The first kappa shape index (κ1) is 30.2. The summed E-state index contributed by atoms with van der Waals surface area (Å²) in [5.41, 5.74) is 1.27. The van der Waals surface area contributed by atoms with Crippen LogP contribution in [0.1, 0.15) is 142 Å². The van der Waals surface area contributed by atoms with Crippen molar-refractivity contribution in [3.05, 3.63) is 23.9 Å². The number of rotatable bonds is 21. The van der Waals surface area contributed by atoms with E-state index < -0.39 is 0 Å². The summed E-state index contributed by atoms with van der Waals surface area (Å²) in [5.74, 6) is 0.508. The third-order valence-corrected chi connectivity index (χ3v) is 7.16. The summed E-state index contributed by atoms with van der Waals surface area (Å²) in [6.07, 6.45) is 29.1. The topological polar surface area (TPSA) is 62.1 Å². The van der Waals surface area contributed by atoms with Crippen molar-refractivity contribution in [2.45, 2.75) is 142 Å². The number of aliphatic imine (C=N–C) groups is 2. The minimum Gasteiger partial charge on any atom is -0.290 e. The van der Waals surface area contributed by atoms with Crippen molar-refractivity contribution in [3.8, 4) is 0 Å². The molecule has 2 rings (SSSR count). The number of amides is 1. The number of carbonyl (C=O) groups excluding carboxylic acids is 2. The van der Waals surface area contributed by atoms with Gasteiger partial charge in [0.2, 0.25) is 11.9 Å². The number of hydrogen-bond acceptors (Lipinski definition) is 4. The SMILES string of the molecule is CCCCCCCCCCCCCC(=O)N(CCCCCCCCCC)C1=NC2=CC(=O)C=CC2=N1. The third-order valence-electron chi connectivity index (χ3n) is 7.16. The average molecular weight is 498 g/mol. The zero-order valence-electron chi connectivity index (χ0n) is 23.2. The van der Waals surface area contributed by atoms with Crippen molar-refractivity contribution in [2.75, 3.05) is 6.54 Å². The molecular weight excluding hydrogens is 446 g/mol. The van der Waals surface area contributed by atoms with Gasteiger partial charge in [0.05, 0.1) is 11.4 Å². The number of unbranched alkanes of at least 4 members (excludes halogenated alkanes) is 17. The maximum atomic E-state index is 13.2. The van der Waals surface area contributed by atoms with Crippen LogP contribution in [0.4, 0.5) is 0 Å². The second-order valence-corrected chi connectivity index (χ2v) is 10.5. The van der Waals surface area contributed by atoms with Crippen molar-refractivity contribution in [1.29, 1.82) is 0 Å². The van der Waals surface area contributed by atoms with Crippen LogP contribution < -0.4 is 0 Å². The van der Waals surface area contributed by atoms with Crippen molar-refractivity contribution in [1.82, 2.24) is 4.90 Å². The number of allylic oxidation sites excluding steroid dienone is 3. The monoisotopic (exact) mass is 497 g/mol. The van der Waals surface area contributed by atoms with Gasteiger partial charge in [-0.15, -0.1) is 0 Å². The number of carbonyl (C=O) groups is 2. The first-order valence-electron chi connectivity index (χ1n) is 15.1. The summed E-state index contributed by atoms with van der Waals surface area (Å²) in [7, 11) is 0. The van der Waals surface area contributed by atoms with Crippen molar-refractivity contribution >= 4 is 23.4 Å². The Hall–Kier alpha value is -2.04. The fourth-order valence-corrected chi connectivity index (χ4v) is 4.86. The van der Waals surface area contributed by atoms with E-state index in [0.717, 1.165) is 25.7 Å². The molecule has 0 aromatic carbocycles. The summed E-state index contributed by atoms with van der Waals surface area (Å²) in [5, 5.41) is 0. The third kappa shape index (κ3) is 12.3. The number of ketones is 1. The first-order valence-corrected chi connectivity index (χ1v) is 15.1. The molecule has 0 spiro atoms. The highest BCUT2D eigenvalue weighted by atomic mass is 16.2. The van der Waals surface area contributed by atoms with Gasteiger partial charge in [0, 0.05) is 19.0 Å². The van der Waals surface area contributed by atoms with Gasteiger partial charge in [-0.25, -0.2) is 9.98 Å². The molecule has 5 nitrogen and oxygen atoms in total. The van der Waals surface area contributed by atoms with Crippen LogP contribution in [0, 0.1) is 0 Å². The molecule has 0 fully saturated rings. The lowest BCUT2D eigenvalue weighted by Gasteiger charge is -2.20. The predicted octanol–water partition coefficient (Wildman–Crippen LogP) is 8.49. The summed E-state index contributed by atoms with van der Waals surface area (Å²) < 4.78 is 0. The molecule has 0 saturated carbocycles. The van der Waals surface area contributed by atoms with Crippen LogP contribution >= 0.6 is 0 Å². The van der Waals surface area contributed by atoms with Gasteiger partial charge in [-0.05, 0) is 25.0 Å². The van der Waals surface area contributed by atoms with Gasteiger partial charge in [-0.2, -0.15) is 0 Å². The first-order chi connectivity index (χ1) is 17.7. The van der Waals surface area contributed by atoms with Crippen LogP contribution in [0.3, 0.4) is 0 Å². The predicted molar refractivity (Wildman–Crippen MR) is 153 cm³/mol. The van der Waals surface area contributed by atoms with Gasteiger partial charge in [-0.1, -0.05) is 123 Å². The Labute approximate surface area is 220 Å². The summed E-state index contributed by atoms with van der Waals surface area (Å²) >= 11 is 0. The molecule has 0 bridgehead atoms. The summed E-state index contributed by atoms with van der Waals surface area (Å²) in [4.78, 5) is 35.8. The van der Waals surface area contributed by atoms with E-state index in [9.17, 15) is 9.59 Å². The van der Waals surface area contributed by atoms with E-state index in [1.165, 1.54) is 108 Å². The molecule has 0 unspecified atom stereocenters. The second-order valence-electron chi connectivity index (χ2n) is 10.5. The maximum absolute atomic E-state index is 13.2. The Morgan fingerprint density at radius 1 is 0.667 bits per heavy atom. The molecule has 1 aliphatic carbocycles. The molecule has 1 heterocycles. The van der Waals surface area contributed by atoms with Crippen LogP contribution in [-0.4, -0.2) is 34.8 Å². The van der Waals surface area contributed by atoms with Crippen LogP contribution in [0.25, 0.3) is 0 Å². The molecule has 1 aliphatic heterocycles. The summed E-state index contributed by atoms with van der Waals surface area (Å²) in [6.45, 7) is 5.17. The van der Waals surface area contributed by atoms with Gasteiger partial charge < -0.3 is 0 Å². The minimum atomic E-state index is -0.0733. The maximum Gasteiger partial charge on any atom is 0.233 e. The Kier molecular flexibility index (Phi) is 16.0. The lowest BCUT2D eigenvalue weighted by atomic mass is 10.0. The Morgan fingerprint density at radius 2 is 1.17 bits per heavy atom. The Morgan fingerprint density at radius 3 is 1.72 bits per heavy atom. The smallest absolute Gasteiger partial charge is 0.233 e. The second kappa shape index (κ2) is 19.1. The fourth-order valence-electron chi connectivity index (χ4n) is 4.86. The molecule has 0 N–H and O–H groups in total. The lowest BCUT2D eigenvalue weighted by Crippen LogP contribution is -2.36. The van der Waals surface area contributed by atoms with E-state index in [4.69, 9.17) is 0 Å². The number of guanidine groups is 1. The van der Waals surface area contributed by atoms with E-state index in [0.29, 0.717) is 30.3 Å². The van der Waals surface area contributed by atoms with Crippen molar-refractivity contribution in [2.24, 2.45) is 9.98 Å². The van der Waals surface area contributed by atoms with E-state index in [-0.39, 0.29) is 11.7 Å². The van der Waals surface area contributed by atoms with E-state index >= 15 is 0 Å². The summed E-state index contributed by atoms with van der Waals surface area (Å²) in [6, 6.07) is 0. The zero-order valence-corrected chi connectivity index (χ0v) is 23.2. The van der Waals surface area contributed by atoms with Crippen LogP contribution in [0.5, 0.6) is 0 Å². The molecule has 0 aromatic rings. The van der Waals surface area contributed by atoms with E-state index in [2.05, 4.69) is 23.8 Å². The molecule has 0 atom stereocenters. The molecule has 0 radical (unpaired) electrons. The molecule has 1 amide bonds. The van der Waals surface area contributed by atoms with Crippen LogP contribution in [0.15, 0.2) is 33.9 Å². The molecule has 5 heteroatoms. The molecule has 0 saturated heterocycles. The largest absolute Gasteiger partial charge is 0.290 e. The number of fused-ring (bicyclic) bond motifs is 1. The standard InChI is InChI=1S/C31H51N3O2/c1-3-5-7-9-11-13-14-15-16-18-20-22-30(36)34(25-21-19-17-12-10-8-6-4-2)31-32-28-24-23-27(35)26-29(28)33-31/h23-24,26H,3-22,25H2,1-2H3. The molecule has 0 aromatic heterocycles. The zero-order chi connectivity index (χ0) is 25.8. The quantitative estimate of drug-likeness (QED) is 0.118. The molecular formula is C31H51N3O2. The van der Waals surface area contributed by atoms with E-state index in [1.54, 1.807) is 11.0 Å². The highest BCUT2D eigenvalue weighted by Crippen LogP contribution is 2.20. The molecule has 202 valence electrons. The van der Waals surface area contributed by atoms with Gasteiger partial charge >= 0.3 is 0 Å². The van der Waals surface area contributed by atoms with Gasteiger partial charge in [-0.3, -0.25) is 14.5 Å². The highest BCUT2D eigenvalue weighted by molar-refractivity contribution is 6.25. The van der Waals surface area contributed by atoms with Crippen molar-refractivity contribution < 1.29 is 9.59 Å². The Balaban J connectivity index is 1.73. The van der Waals surface area contributed by atoms with E-state index in [1.807, 2.05) is 0 Å². The molecule has 36 heavy (non-hydrogen) atoms. The van der Waals surface area contributed by atoms with Gasteiger partial charge in [0.1, 0.15) is 0 Å². The van der Waals surface area contributed by atoms with Crippen molar-refractivity contribution in [3.63, 3.8) is 0 Å². The van der Waals surface area contributed by atoms with Crippen LogP contribution in [0.2, 0.25) is 0 Å². The number of nitrogens with zero attached hydrogens (tertiary/aromatic N) is 3. The average Bonchev–Trinajstić information content (AvgIpc) is 3.29. The van der Waals surface area contributed by atoms with Crippen LogP contribution in [-0.2, 0) is 9.59 Å². The van der Waals surface area contributed by atoms with Gasteiger partial charge in [0.25, 0.3) is 0 Å².